The van der Waals surface area contributed by atoms with Crippen molar-refractivity contribution in [3.05, 3.63) is 29.8 Å². The van der Waals surface area contributed by atoms with Gasteiger partial charge < -0.3 is 14.5 Å². The molecule has 5 heteroatoms. The lowest BCUT2D eigenvalue weighted by Crippen LogP contribution is -2.49. The zero-order chi connectivity index (χ0) is 19.6. The molecule has 1 heterocycles. The summed E-state index contributed by atoms with van der Waals surface area (Å²) >= 11 is 0. The molecule has 2 fully saturated rings. The predicted molar refractivity (Wildman–Crippen MR) is 106 cm³/mol. The number of likely N-dealkylation sites (tertiary alicyclic amines) is 1. The molecule has 0 radical (unpaired) electrons. The quantitative estimate of drug-likeness (QED) is 0.765. The van der Waals surface area contributed by atoms with E-state index in [-0.39, 0.29) is 36.5 Å². The van der Waals surface area contributed by atoms with Crippen LogP contribution in [0.4, 0.5) is 0 Å². The summed E-state index contributed by atoms with van der Waals surface area (Å²) < 4.78 is 5.69. The van der Waals surface area contributed by atoms with Crippen molar-refractivity contribution in [3.8, 4) is 5.75 Å². The minimum absolute atomic E-state index is 0.0350. The predicted octanol–water partition coefficient (Wildman–Crippen LogP) is 3.73. The van der Waals surface area contributed by atoms with E-state index < -0.39 is 0 Å². The minimum atomic E-state index is 0.0350. The van der Waals surface area contributed by atoms with E-state index in [2.05, 4.69) is 20.8 Å². The van der Waals surface area contributed by atoms with Crippen LogP contribution in [0.5, 0.6) is 5.75 Å². The highest BCUT2D eigenvalue weighted by atomic mass is 16.5. The number of nitrogens with zero attached hydrogens (tertiary/aromatic N) is 2. The molecule has 0 aromatic heterocycles. The van der Waals surface area contributed by atoms with Crippen LogP contribution in [0, 0.1) is 5.92 Å². The molecule has 5 nitrogen and oxygen atoms in total. The smallest absolute Gasteiger partial charge is 0.260 e. The number of carbonyl (C=O) groups excluding carboxylic acids is 2. The average Bonchev–Trinajstić information content (AvgIpc) is 3.50. The summed E-state index contributed by atoms with van der Waals surface area (Å²) in [7, 11) is 1.87. The van der Waals surface area contributed by atoms with Crippen molar-refractivity contribution in [1.82, 2.24) is 9.80 Å². The maximum Gasteiger partial charge on any atom is 0.260 e. The summed E-state index contributed by atoms with van der Waals surface area (Å²) in [5, 5.41) is 0. The first kappa shape index (κ1) is 19.7. The maximum atomic E-state index is 12.6. The summed E-state index contributed by atoms with van der Waals surface area (Å²) in [6.07, 6.45) is 5.72. The molecule has 148 valence electrons. The van der Waals surface area contributed by atoms with Gasteiger partial charge in [-0.15, -0.1) is 0 Å². The zero-order valence-electron chi connectivity index (χ0n) is 17.0. The Balaban J connectivity index is 1.54. The number of rotatable bonds is 6. The molecule has 1 aromatic rings. The normalized spacial score (nSPS) is 23.6. The van der Waals surface area contributed by atoms with E-state index in [1.807, 2.05) is 16.8 Å². The Hall–Kier alpha value is -2.04. The molecule has 27 heavy (non-hydrogen) atoms. The zero-order valence-corrected chi connectivity index (χ0v) is 17.0. The van der Waals surface area contributed by atoms with Crippen LogP contribution in [0.25, 0.3) is 0 Å². The SMILES string of the molecule is CC(C1CC1)N(C)C(=O)c1ccc(OCC(=O)N2C(C)CCCC2C)cc1. The standard InChI is InChI=1S/C22H32N2O3/c1-15-6-5-7-16(2)24(15)21(25)14-27-20-12-10-19(11-13-20)22(26)23(4)17(3)18-8-9-18/h10-13,15-18H,5-9,14H2,1-4H3. The Morgan fingerprint density at radius 2 is 1.70 bits per heavy atom. The number of amides is 2. The fourth-order valence-corrected chi connectivity index (χ4v) is 4.11. The minimum Gasteiger partial charge on any atom is -0.484 e. The van der Waals surface area contributed by atoms with E-state index in [4.69, 9.17) is 4.74 Å². The van der Waals surface area contributed by atoms with Crippen LogP contribution >= 0.6 is 0 Å². The molecule has 3 atom stereocenters. The molecule has 1 saturated carbocycles. The monoisotopic (exact) mass is 372 g/mol. The maximum absolute atomic E-state index is 12.6. The highest BCUT2D eigenvalue weighted by Gasteiger charge is 2.33. The number of benzene rings is 1. The van der Waals surface area contributed by atoms with Crippen molar-refractivity contribution in [2.75, 3.05) is 13.7 Å². The fourth-order valence-electron chi connectivity index (χ4n) is 4.11. The summed E-state index contributed by atoms with van der Waals surface area (Å²) in [4.78, 5) is 28.9. The number of hydrogen-bond donors (Lipinski definition) is 0. The third-order valence-electron chi connectivity index (χ3n) is 6.18. The van der Waals surface area contributed by atoms with Crippen molar-refractivity contribution in [3.63, 3.8) is 0 Å². The Labute approximate surface area is 162 Å². The van der Waals surface area contributed by atoms with Crippen molar-refractivity contribution in [1.29, 1.82) is 0 Å². The lowest BCUT2D eigenvalue weighted by atomic mass is 9.97. The molecule has 1 aliphatic carbocycles. The van der Waals surface area contributed by atoms with Crippen molar-refractivity contribution < 1.29 is 14.3 Å². The van der Waals surface area contributed by atoms with Gasteiger partial charge in [0, 0.05) is 30.7 Å². The molecule has 0 N–H and O–H groups in total. The van der Waals surface area contributed by atoms with Crippen LogP contribution in [-0.2, 0) is 4.79 Å². The molecular formula is C22H32N2O3. The molecule has 0 spiro atoms. The lowest BCUT2D eigenvalue weighted by molar-refractivity contribution is -0.139. The van der Waals surface area contributed by atoms with Crippen LogP contribution in [0.1, 0.15) is 63.2 Å². The first-order chi connectivity index (χ1) is 12.9. The largest absolute Gasteiger partial charge is 0.484 e. The van der Waals surface area contributed by atoms with Crippen LogP contribution in [0.2, 0.25) is 0 Å². The summed E-state index contributed by atoms with van der Waals surface area (Å²) in [6.45, 7) is 6.36. The Bertz CT molecular complexity index is 659. The van der Waals surface area contributed by atoms with E-state index in [1.54, 1.807) is 24.3 Å². The Morgan fingerprint density at radius 3 is 2.26 bits per heavy atom. The van der Waals surface area contributed by atoms with Crippen molar-refractivity contribution in [2.24, 2.45) is 5.92 Å². The summed E-state index contributed by atoms with van der Waals surface area (Å²) in [6, 6.07) is 7.94. The molecule has 3 rings (SSSR count). The van der Waals surface area contributed by atoms with Crippen molar-refractivity contribution in [2.45, 2.75) is 71.0 Å². The molecule has 1 saturated heterocycles. The second-order valence-electron chi connectivity index (χ2n) is 8.24. The Morgan fingerprint density at radius 1 is 1.11 bits per heavy atom. The van der Waals surface area contributed by atoms with Crippen LogP contribution in [0.15, 0.2) is 24.3 Å². The van der Waals surface area contributed by atoms with E-state index in [0.29, 0.717) is 17.2 Å². The Kier molecular flexibility index (Phi) is 6.08. The van der Waals surface area contributed by atoms with Gasteiger partial charge in [-0.05, 0) is 83.1 Å². The second kappa shape index (κ2) is 8.32. The highest BCUT2D eigenvalue weighted by Crippen LogP contribution is 2.35. The molecular weight excluding hydrogens is 340 g/mol. The van der Waals surface area contributed by atoms with Gasteiger partial charge >= 0.3 is 0 Å². The number of carbonyl (C=O) groups is 2. The average molecular weight is 373 g/mol. The van der Waals surface area contributed by atoms with Gasteiger partial charge in [0.25, 0.3) is 11.8 Å². The third kappa shape index (κ3) is 4.63. The van der Waals surface area contributed by atoms with E-state index in [1.165, 1.54) is 19.3 Å². The fraction of sp³-hybridized carbons (Fsp3) is 0.636. The van der Waals surface area contributed by atoms with Crippen LogP contribution < -0.4 is 4.74 Å². The first-order valence-corrected chi connectivity index (χ1v) is 10.2. The topological polar surface area (TPSA) is 49.9 Å². The first-order valence-electron chi connectivity index (χ1n) is 10.2. The van der Waals surface area contributed by atoms with Gasteiger partial charge in [-0.25, -0.2) is 0 Å². The molecule has 0 bridgehead atoms. The van der Waals surface area contributed by atoms with Gasteiger partial charge in [0.2, 0.25) is 0 Å². The van der Waals surface area contributed by atoms with Crippen molar-refractivity contribution >= 4 is 11.8 Å². The molecule has 1 aliphatic heterocycles. The summed E-state index contributed by atoms with van der Waals surface area (Å²) in [5.41, 5.74) is 0.655. The van der Waals surface area contributed by atoms with E-state index in [0.717, 1.165) is 12.8 Å². The molecule has 2 aliphatic rings. The number of hydrogen-bond acceptors (Lipinski definition) is 3. The second-order valence-corrected chi connectivity index (χ2v) is 8.24. The van der Waals surface area contributed by atoms with Crippen LogP contribution in [0.3, 0.4) is 0 Å². The lowest BCUT2D eigenvalue weighted by Gasteiger charge is -2.38. The molecule has 2 amide bonds. The van der Waals surface area contributed by atoms with Gasteiger partial charge in [-0.2, -0.15) is 0 Å². The van der Waals surface area contributed by atoms with Gasteiger partial charge in [-0.1, -0.05) is 0 Å². The van der Waals surface area contributed by atoms with Crippen LogP contribution in [-0.4, -0.2) is 53.4 Å². The van der Waals surface area contributed by atoms with Gasteiger partial charge in [0.1, 0.15) is 5.75 Å². The number of ether oxygens (including phenoxy) is 1. The van der Waals surface area contributed by atoms with E-state index in [9.17, 15) is 9.59 Å². The number of piperidine rings is 1. The summed E-state index contributed by atoms with van der Waals surface area (Å²) in [5.74, 6) is 1.34. The van der Waals surface area contributed by atoms with Gasteiger partial charge in [-0.3, -0.25) is 9.59 Å². The molecule has 3 unspecified atom stereocenters. The van der Waals surface area contributed by atoms with E-state index >= 15 is 0 Å². The highest BCUT2D eigenvalue weighted by molar-refractivity contribution is 5.94. The molecule has 1 aromatic carbocycles. The van der Waals surface area contributed by atoms with Gasteiger partial charge in [0.15, 0.2) is 6.61 Å². The third-order valence-corrected chi connectivity index (χ3v) is 6.18. The van der Waals surface area contributed by atoms with Gasteiger partial charge in [0.05, 0.1) is 0 Å².